The molecular weight excluding hydrogens is 346 g/mol. The van der Waals surface area contributed by atoms with Crippen molar-refractivity contribution in [1.29, 1.82) is 0 Å². The zero-order chi connectivity index (χ0) is 19.1. The highest BCUT2D eigenvalue weighted by atomic mass is 16.6. The first kappa shape index (κ1) is 18.7. The van der Waals surface area contributed by atoms with Crippen molar-refractivity contribution in [2.75, 3.05) is 32.8 Å². The zero-order valence-electron chi connectivity index (χ0n) is 15.3. The Labute approximate surface area is 158 Å². The smallest absolute Gasteiger partial charge is 0.409 e. The van der Waals surface area contributed by atoms with Crippen LogP contribution < -0.4 is 4.74 Å². The Bertz CT molecular complexity index is 757. The van der Waals surface area contributed by atoms with Crippen LogP contribution in [0.25, 0.3) is 0 Å². The average Bonchev–Trinajstić information content (AvgIpc) is 2.73. The molecule has 0 radical (unpaired) electrons. The average molecular weight is 369 g/mol. The molecule has 1 saturated heterocycles. The van der Waals surface area contributed by atoms with Gasteiger partial charge in [0.15, 0.2) is 0 Å². The van der Waals surface area contributed by atoms with Crippen molar-refractivity contribution in [2.45, 2.75) is 13.5 Å². The van der Waals surface area contributed by atoms with Gasteiger partial charge in [0.2, 0.25) is 0 Å². The quantitative estimate of drug-likeness (QED) is 0.810. The van der Waals surface area contributed by atoms with Gasteiger partial charge in [-0.2, -0.15) is 0 Å². The summed E-state index contributed by atoms with van der Waals surface area (Å²) < 4.78 is 10.7. The van der Waals surface area contributed by atoms with Crippen LogP contribution in [0.5, 0.6) is 5.75 Å². The second-order valence-corrected chi connectivity index (χ2v) is 6.15. The minimum absolute atomic E-state index is 0.0441. The molecule has 0 spiro atoms. The summed E-state index contributed by atoms with van der Waals surface area (Å²) in [7, 11) is 0. The highest BCUT2D eigenvalue weighted by molar-refractivity contribution is 5.94. The van der Waals surface area contributed by atoms with E-state index in [-0.39, 0.29) is 12.0 Å². The standard InChI is InChI=1S/C20H23N3O4/c1-2-26-20(25)23-12-10-22(11-13-23)19(24)17-5-7-18(8-6-17)27-15-16-4-3-9-21-14-16/h3-9,14H,2,10-13,15H2,1H3. The molecule has 142 valence electrons. The number of carbonyl (C=O) groups excluding carboxylic acids is 2. The fraction of sp³-hybridized carbons (Fsp3) is 0.350. The van der Waals surface area contributed by atoms with Gasteiger partial charge in [0.05, 0.1) is 6.61 Å². The van der Waals surface area contributed by atoms with E-state index in [4.69, 9.17) is 9.47 Å². The number of ether oxygens (including phenoxy) is 2. The normalized spacial score (nSPS) is 14.0. The molecule has 7 heteroatoms. The lowest BCUT2D eigenvalue weighted by atomic mass is 10.1. The number of nitrogens with zero attached hydrogens (tertiary/aromatic N) is 3. The second kappa shape index (κ2) is 9.02. The van der Waals surface area contributed by atoms with Crippen LogP contribution in [0, 0.1) is 0 Å². The first-order valence-corrected chi connectivity index (χ1v) is 9.00. The number of rotatable bonds is 5. The van der Waals surface area contributed by atoms with Gasteiger partial charge in [-0.1, -0.05) is 6.07 Å². The predicted molar refractivity (Wildman–Crippen MR) is 99.5 cm³/mol. The maximum absolute atomic E-state index is 12.6. The lowest BCUT2D eigenvalue weighted by Gasteiger charge is -2.34. The van der Waals surface area contributed by atoms with Crippen molar-refractivity contribution in [1.82, 2.24) is 14.8 Å². The molecule has 0 N–H and O–H groups in total. The Morgan fingerprint density at radius 3 is 2.37 bits per heavy atom. The van der Waals surface area contributed by atoms with E-state index >= 15 is 0 Å². The van der Waals surface area contributed by atoms with E-state index in [1.54, 1.807) is 53.4 Å². The Morgan fingerprint density at radius 1 is 1.04 bits per heavy atom. The summed E-state index contributed by atoms with van der Waals surface area (Å²) >= 11 is 0. The number of piperazine rings is 1. The van der Waals surface area contributed by atoms with Crippen molar-refractivity contribution in [2.24, 2.45) is 0 Å². The van der Waals surface area contributed by atoms with Crippen molar-refractivity contribution < 1.29 is 19.1 Å². The first-order valence-electron chi connectivity index (χ1n) is 9.00. The van der Waals surface area contributed by atoms with Gasteiger partial charge in [-0.3, -0.25) is 9.78 Å². The van der Waals surface area contributed by atoms with E-state index in [1.165, 1.54) is 0 Å². The molecule has 2 amide bonds. The molecular formula is C20H23N3O4. The Kier molecular flexibility index (Phi) is 6.25. The lowest BCUT2D eigenvalue weighted by molar-refractivity contribution is 0.0570. The summed E-state index contributed by atoms with van der Waals surface area (Å²) in [6.07, 6.45) is 3.16. The SMILES string of the molecule is CCOC(=O)N1CCN(C(=O)c2ccc(OCc3cccnc3)cc2)CC1. The molecule has 0 bridgehead atoms. The number of hydrogen-bond donors (Lipinski definition) is 0. The predicted octanol–water partition coefficient (Wildman–Crippen LogP) is 2.57. The van der Waals surface area contributed by atoms with E-state index < -0.39 is 0 Å². The van der Waals surface area contributed by atoms with Gasteiger partial charge >= 0.3 is 6.09 Å². The summed E-state index contributed by atoms with van der Waals surface area (Å²) in [5.74, 6) is 0.653. The van der Waals surface area contributed by atoms with Crippen LogP contribution in [0.3, 0.4) is 0 Å². The number of hydrogen-bond acceptors (Lipinski definition) is 5. The molecule has 0 aliphatic carbocycles. The van der Waals surface area contributed by atoms with E-state index in [2.05, 4.69) is 4.98 Å². The van der Waals surface area contributed by atoms with Crippen LogP contribution in [-0.4, -0.2) is 59.6 Å². The molecule has 0 unspecified atom stereocenters. The molecule has 3 rings (SSSR count). The summed E-state index contributed by atoms with van der Waals surface area (Å²) in [5, 5.41) is 0. The van der Waals surface area contributed by atoms with Gasteiger partial charge in [0.1, 0.15) is 12.4 Å². The second-order valence-electron chi connectivity index (χ2n) is 6.15. The number of aromatic nitrogens is 1. The minimum atomic E-state index is -0.320. The molecule has 1 aromatic heterocycles. The van der Waals surface area contributed by atoms with Gasteiger partial charge in [0, 0.05) is 49.7 Å². The van der Waals surface area contributed by atoms with Crippen molar-refractivity contribution >= 4 is 12.0 Å². The fourth-order valence-electron chi connectivity index (χ4n) is 2.83. The van der Waals surface area contributed by atoms with Crippen LogP contribution >= 0.6 is 0 Å². The zero-order valence-corrected chi connectivity index (χ0v) is 15.3. The summed E-state index contributed by atoms with van der Waals surface area (Å²) in [5.41, 5.74) is 1.59. The van der Waals surface area contributed by atoms with Crippen LogP contribution in [0.15, 0.2) is 48.8 Å². The van der Waals surface area contributed by atoms with Crippen LogP contribution in [0.1, 0.15) is 22.8 Å². The molecule has 1 aromatic carbocycles. The monoisotopic (exact) mass is 369 g/mol. The molecule has 2 aromatic rings. The fourth-order valence-corrected chi connectivity index (χ4v) is 2.83. The Hall–Kier alpha value is -3.09. The van der Waals surface area contributed by atoms with E-state index in [1.807, 2.05) is 12.1 Å². The number of pyridine rings is 1. The highest BCUT2D eigenvalue weighted by Crippen LogP contribution is 2.16. The van der Waals surface area contributed by atoms with Gasteiger partial charge in [-0.15, -0.1) is 0 Å². The lowest BCUT2D eigenvalue weighted by Crippen LogP contribution is -2.50. The van der Waals surface area contributed by atoms with Crippen LogP contribution in [0.2, 0.25) is 0 Å². The third kappa shape index (κ3) is 4.97. The van der Waals surface area contributed by atoms with E-state index in [0.29, 0.717) is 50.7 Å². The third-order valence-electron chi connectivity index (χ3n) is 4.32. The van der Waals surface area contributed by atoms with Crippen LogP contribution in [0.4, 0.5) is 4.79 Å². The molecule has 1 aliphatic heterocycles. The van der Waals surface area contributed by atoms with Crippen LogP contribution in [-0.2, 0) is 11.3 Å². The van der Waals surface area contributed by atoms with Gasteiger partial charge in [-0.05, 0) is 37.3 Å². The summed E-state index contributed by atoms with van der Waals surface area (Å²) in [4.78, 5) is 31.8. The number of carbonyl (C=O) groups is 2. The Balaban J connectivity index is 1.51. The maximum atomic E-state index is 12.6. The molecule has 0 atom stereocenters. The minimum Gasteiger partial charge on any atom is -0.489 e. The van der Waals surface area contributed by atoms with E-state index in [0.717, 1.165) is 5.56 Å². The number of benzene rings is 1. The molecule has 2 heterocycles. The third-order valence-corrected chi connectivity index (χ3v) is 4.32. The van der Waals surface area contributed by atoms with Crippen molar-refractivity contribution in [3.05, 3.63) is 59.9 Å². The maximum Gasteiger partial charge on any atom is 0.409 e. The van der Waals surface area contributed by atoms with Gasteiger partial charge in [0.25, 0.3) is 5.91 Å². The highest BCUT2D eigenvalue weighted by Gasteiger charge is 2.25. The van der Waals surface area contributed by atoms with Crippen molar-refractivity contribution in [3.8, 4) is 5.75 Å². The molecule has 0 saturated carbocycles. The summed E-state index contributed by atoms with van der Waals surface area (Å²) in [6.45, 7) is 4.52. The van der Waals surface area contributed by atoms with Gasteiger partial charge in [-0.25, -0.2) is 4.79 Å². The Morgan fingerprint density at radius 2 is 1.74 bits per heavy atom. The number of amides is 2. The molecule has 1 fully saturated rings. The molecule has 7 nitrogen and oxygen atoms in total. The molecule has 27 heavy (non-hydrogen) atoms. The van der Waals surface area contributed by atoms with Crippen molar-refractivity contribution in [3.63, 3.8) is 0 Å². The molecule has 1 aliphatic rings. The summed E-state index contributed by atoms with van der Waals surface area (Å²) in [6, 6.07) is 10.9. The topological polar surface area (TPSA) is 72.0 Å². The van der Waals surface area contributed by atoms with E-state index in [9.17, 15) is 9.59 Å². The first-order chi connectivity index (χ1) is 13.2. The van der Waals surface area contributed by atoms with Gasteiger partial charge < -0.3 is 19.3 Å². The largest absolute Gasteiger partial charge is 0.489 e.